The molecule has 0 radical (unpaired) electrons. The van der Waals surface area contributed by atoms with E-state index in [4.69, 9.17) is 0 Å². The number of hydrogen-bond donors (Lipinski definition) is 2. The third kappa shape index (κ3) is 6.62. The van der Waals surface area contributed by atoms with E-state index in [0.717, 1.165) is 31.8 Å². The number of sulfonamides is 2. The molecule has 0 saturated heterocycles. The number of aryl methyl sites for hydroxylation is 2. The topological polar surface area (TPSA) is 122 Å². The van der Waals surface area contributed by atoms with E-state index in [0.29, 0.717) is 18.0 Å². The van der Waals surface area contributed by atoms with E-state index in [9.17, 15) is 16.8 Å². The van der Waals surface area contributed by atoms with E-state index in [1.807, 2.05) is 60.9 Å². The van der Waals surface area contributed by atoms with Crippen LogP contribution in [0.2, 0.25) is 0 Å². The first-order chi connectivity index (χ1) is 20.0. The summed E-state index contributed by atoms with van der Waals surface area (Å²) in [6.07, 6.45) is 1.48. The van der Waals surface area contributed by atoms with Crippen LogP contribution < -0.4 is 9.66 Å². The summed E-state index contributed by atoms with van der Waals surface area (Å²) in [4.78, 5) is 6.59. The van der Waals surface area contributed by atoms with Gasteiger partial charge in [-0.05, 0) is 62.7 Å². The van der Waals surface area contributed by atoms with Crippen molar-refractivity contribution in [3.63, 3.8) is 0 Å². The van der Waals surface area contributed by atoms with Crippen LogP contribution in [0.3, 0.4) is 0 Å². The van der Waals surface area contributed by atoms with Crippen LogP contribution >= 0.6 is 11.3 Å². The van der Waals surface area contributed by atoms with Crippen molar-refractivity contribution < 1.29 is 16.8 Å². The van der Waals surface area contributed by atoms with Crippen molar-refractivity contribution in [3.8, 4) is 0 Å². The number of nitrogens with zero attached hydrogens (tertiary/aromatic N) is 3. The summed E-state index contributed by atoms with van der Waals surface area (Å²) in [6.45, 7) is 6.04. The first-order valence-electron chi connectivity index (χ1n) is 12.9. The van der Waals surface area contributed by atoms with Crippen LogP contribution in [0.5, 0.6) is 0 Å². The molecule has 5 rings (SSSR count). The molecule has 0 atom stereocenters. The molecule has 0 saturated carbocycles. The lowest BCUT2D eigenvalue weighted by molar-refractivity contribution is 0.583. The zero-order valence-electron chi connectivity index (χ0n) is 23.1. The van der Waals surface area contributed by atoms with Gasteiger partial charge < -0.3 is 4.57 Å². The van der Waals surface area contributed by atoms with Crippen molar-refractivity contribution in [1.29, 1.82) is 0 Å². The Morgan fingerprint density at radius 3 is 1.98 bits per heavy atom. The summed E-state index contributed by atoms with van der Waals surface area (Å²) in [6, 6.07) is 26.8. The zero-order chi connectivity index (χ0) is 29.9. The highest BCUT2D eigenvalue weighted by Crippen LogP contribution is 2.30. The van der Waals surface area contributed by atoms with Crippen LogP contribution in [0, 0.1) is 13.8 Å². The first kappa shape index (κ1) is 29.2. The van der Waals surface area contributed by atoms with E-state index < -0.39 is 20.0 Å². The molecule has 0 aliphatic rings. The summed E-state index contributed by atoms with van der Waals surface area (Å²) >= 11 is 1.45. The highest BCUT2D eigenvalue weighted by atomic mass is 32.2. The predicted octanol–water partition coefficient (Wildman–Crippen LogP) is 5.38. The fourth-order valence-corrected chi connectivity index (χ4v) is 6.92. The Morgan fingerprint density at radius 1 is 0.810 bits per heavy atom. The molecule has 3 aromatic carbocycles. The molecule has 9 nitrogen and oxygen atoms in total. The van der Waals surface area contributed by atoms with Gasteiger partial charge in [-0.3, -0.25) is 0 Å². The minimum atomic E-state index is -3.82. The molecule has 2 N–H and O–H groups in total. The Kier molecular flexibility index (Phi) is 8.30. The number of nitrogens with one attached hydrogen (secondary N) is 2. The van der Waals surface area contributed by atoms with Crippen LogP contribution in [0.15, 0.2) is 111 Å². The molecule has 2 heterocycles. The maximum atomic E-state index is 12.7. The van der Waals surface area contributed by atoms with Gasteiger partial charge in [0.1, 0.15) is 4.83 Å². The van der Waals surface area contributed by atoms with Gasteiger partial charge in [0.05, 0.1) is 32.3 Å². The number of rotatable bonds is 10. The number of hydrazone groups is 2. The van der Waals surface area contributed by atoms with Gasteiger partial charge in [-0.25, -0.2) is 4.83 Å². The number of fused-ring (bicyclic) bond motifs is 1. The monoisotopic (exact) mass is 619 g/mol. The quantitative estimate of drug-likeness (QED) is 0.161. The van der Waals surface area contributed by atoms with Gasteiger partial charge in [0.2, 0.25) is 0 Å². The Morgan fingerprint density at radius 2 is 1.38 bits per heavy atom. The maximum Gasteiger partial charge on any atom is 0.276 e. The minimum Gasteiger partial charge on any atom is -0.327 e. The van der Waals surface area contributed by atoms with Crippen LogP contribution in [-0.2, 0) is 26.6 Å². The van der Waals surface area contributed by atoms with Gasteiger partial charge in [-0.15, -0.1) is 11.3 Å². The molecule has 12 heteroatoms. The molecule has 0 aliphatic heterocycles. The SMILES string of the molecule is C/C(=N\NS(=O)(=O)c1ccc(C)cc1)c1cc2cc(/C=N/NS(=O)(=O)c3ccc(C)cc3)n(Cc3ccccc3)c2s1. The standard InChI is InChI=1S/C30H29N5O4S3/c1-21-9-13-27(14-10-21)41(36,37)33-31-19-26-17-25-18-29(40-30(25)35(26)20-24-7-5-4-6-8-24)23(3)32-34-42(38,39)28-15-11-22(2)12-16-28/h4-19,33-34H,20H2,1-3H3/b31-19+,32-23+. The first-order valence-corrected chi connectivity index (χ1v) is 16.7. The molecule has 0 fully saturated rings. The number of benzene rings is 3. The summed E-state index contributed by atoms with van der Waals surface area (Å²) in [5.74, 6) is 0. The van der Waals surface area contributed by atoms with Gasteiger partial charge in [0, 0.05) is 11.9 Å². The number of aromatic nitrogens is 1. The Bertz CT molecular complexity index is 1990. The second-order valence-corrected chi connectivity index (χ2v) is 14.1. The zero-order valence-corrected chi connectivity index (χ0v) is 25.6. The molecule has 0 amide bonds. The summed E-state index contributed by atoms with van der Waals surface area (Å²) in [7, 11) is -7.63. The Balaban J connectivity index is 1.43. The number of hydrogen-bond acceptors (Lipinski definition) is 7. The molecule has 42 heavy (non-hydrogen) atoms. The van der Waals surface area contributed by atoms with Crippen molar-refractivity contribution in [2.45, 2.75) is 37.1 Å². The smallest absolute Gasteiger partial charge is 0.276 e. The van der Waals surface area contributed by atoms with Gasteiger partial charge >= 0.3 is 0 Å². The molecule has 0 bridgehead atoms. The highest BCUT2D eigenvalue weighted by Gasteiger charge is 2.17. The summed E-state index contributed by atoms with van der Waals surface area (Å²) in [5, 5.41) is 9.11. The average Bonchev–Trinajstić information content (AvgIpc) is 3.52. The Hall–Kier alpha value is -4.26. The minimum absolute atomic E-state index is 0.128. The van der Waals surface area contributed by atoms with Crippen LogP contribution in [-0.4, -0.2) is 33.3 Å². The molecule has 216 valence electrons. The van der Waals surface area contributed by atoms with Crippen molar-refractivity contribution in [1.82, 2.24) is 14.2 Å². The highest BCUT2D eigenvalue weighted by molar-refractivity contribution is 7.89. The molecular weight excluding hydrogens is 591 g/mol. The molecule has 0 spiro atoms. The van der Waals surface area contributed by atoms with E-state index in [1.165, 1.54) is 29.7 Å². The molecule has 2 aromatic heterocycles. The second kappa shape index (κ2) is 11.9. The van der Waals surface area contributed by atoms with E-state index >= 15 is 0 Å². The lowest BCUT2D eigenvalue weighted by atomic mass is 10.2. The fourth-order valence-electron chi connectivity index (χ4n) is 4.16. The third-order valence-corrected chi connectivity index (χ3v) is 10.3. The van der Waals surface area contributed by atoms with Crippen LogP contribution in [0.4, 0.5) is 0 Å². The van der Waals surface area contributed by atoms with E-state index in [-0.39, 0.29) is 9.79 Å². The third-order valence-electron chi connectivity index (χ3n) is 6.51. The molecule has 5 aromatic rings. The largest absolute Gasteiger partial charge is 0.327 e. The van der Waals surface area contributed by atoms with Crippen molar-refractivity contribution in [2.75, 3.05) is 0 Å². The molecule has 0 aliphatic carbocycles. The second-order valence-electron chi connectivity index (χ2n) is 9.78. The fraction of sp³-hybridized carbons (Fsp3) is 0.133. The van der Waals surface area contributed by atoms with Crippen molar-refractivity contribution in [2.24, 2.45) is 10.2 Å². The maximum absolute atomic E-state index is 12.7. The van der Waals surface area contributed by atoms with Crippen LogP contribution in [0.1, 0.15) is 34.2 Å². The lowest BCUT2D eigenvalue weighted by Gasteiger charge is -2.08. The molecular formula is C30H29N5O4S3. The lowest BCUT2D eigenvalue weighted by Crippen LogP contribution is -2.19. The van der Waals surface area contributed by atoms with E-state index in [2.05, 4.69) is 19.9 Å². The predicted molar refractivity (Wildman–Crippen MR) is 168 cm³/mol. The van der Waals surface area contributed by atoms with Crippen molar-refractivity contribution >= 4 is 53.5 Å². The van der Waals surface area contributed by atoms with Gasteiger partial charge in [0.15, 0.2) is 0 Å². The van der Waals surface area contributed by atoms with Crippen LogP contribution in [0.25, 0.3) is 10.2 Å². The molecule has 0 unspecified atom stereocenters. The number of thiophene rings is 1. The van der Waals surface area contributed by atoms with Gasteiger partial charge in [0.25, 0.3) is 20.0 Å². The van der Waals surface area contributed by atoms with Crippen molar-refractivity contribution in [3.05, 3.63) is 118 Å². The van der Waals surface area contributed by atoms with Gasteiger partial charge in [-0.2, -0.15) is 31.9 Å². The van der Waals surface area contributed by atoms with E-state index in [1.54, 1.807) is 43.3 Å². The summed E-state index contributed by atoms with van der Waals surface area (Å²) < 4.78 is 52.8. The van der Waals surface area contributed by atoms with Gasteiger partial charge in [-0.1, -0.05) is 65.7 Å². The average molecular weight is 620 g/mol. The normalized spacial score (nSPS) is 12.7. The Labute approximate surface area is 249 Å². The summed E-state index contributed by atoms with van der Waals surface area (Å²) in [5.41, 5.74) is 4.19.